The predicted octanol–water partition coefficient (Wildman–Crippen LogP) is 3.56. The molecule has 76 valence electrons. The molecule has 0 fully saturated rings. The van der Waals surface area contributed by atoms with E-state index in [1.54, 1.807) is 0 Å². The van der Waals surface area contributed by atoms with Crippen LogP contribution in [0.25, 0.3) is 0 Å². The summed E-state index contributed by atoms with van der Waals surface area (Å²) in [6.45, 7) is 0. The van der Waals surface area contributed by atoms with E-state index in [-0.39, 0.29) is 5.91 Å². The van der Waals surface area contributed by atoms with E-state index in [4.69, 9.17) is 0 Å². The van der Waals surface area contributed by atoms with Crippen LogP contribution in [0.4, 0.5) is 5.69 Å². The zero-order chi connectivity index (χ0) is 10.4. The van der Waals surface area contributed by atoms with Gasteiger partial charge >= 0.3 is 0 Å². The van der Waals surface area contributed by atoms with Crippen molar-refractivity contribution in [2.24, 2.45) is 0 Å². The molecule has 14 heavy (non-hydrogen) atoms. The number of amides is 1. The number of hydrogen-bond acceptors (Lipinski definition) is 1. The van der Waals surface area contributed by atoms with Gasteiger partial charge in [0.1, 0.15) is 0 Å². The Balaban J connectivity index is 2.44. The normalized spacial score (nSPS) is 9.86. The molecule has 0 atom stereocenters. The van der Waals surface area contributed by atoms with Gasteiger partial charge in [-0.3, -0.25) is 4.79 Å². The maximum absolute atomic E-state index is 11.3. The Morgan fingerprint density at radius 1 is 1.29 bits per heavy atom. The highest BCUT2D eigenvalue weighted by atomic mass is 79.9. The van der Waals surface area contributed by atoms with Gasteiger partial charge in [0, 0.05) is 21.9 Å². The molecular weight excluding hydrogens is 310 g/mol. The Hall–Kier alpha value is -0.350. The van der Waals surface area contributed by atoms with Crippen LogP contribution in [0.1, 0.15) is 12.8 Å². The standard InChI is InChI=1S/C10H11Br2NO/c11-7-1-2-10(14)13-9-5-3-8(12)4-6-9/h3-6H,1-2,7H2,(H,13,14). The summed E-state index contributed by atoms with van der Waals surface area (Å²) in [7, 11) is 0. The molecule has 4 heteroatoms. The van der Waals surface area contributed by atoms with Crippen LogP contribution in [0.3, 0.4) is 0 Å². The van der Waals surface area contributed by atoms with Gasteiger partial charge in [0.15, 0.2) is 0 Å². The third kappa shape index (κ3) is 4.24. The van der Waals surface area contributed by atoms with Crippen LogP contribution < -0.4 is 5.32 Å². The lowest BCUT2D eigenvalue weighted by atomic mass is 10.3. The summed E-state index contributed by atoms with van der Waals surface area (Å²) in [6.07, 6.45) is 1.42. The first-order valence-electron chi connectivity index (χ1n) is 4.34. The quantitative estimate of drug-likeness (QED) is 0.844. The van der Waals surface area contributed by atoms with Crippen LogP contribution in [-0.2, 0) is 4.79 Å². The van der Waals surface area contributed by atoms with Gasteiger partial charge in [0.25, 0.3) is 0 Å². The molecule has 0 aliphatic heterocycles. The molecule has 0 aliphatic carbocycles. The molecular formula is C10H11Br2NO. The van der Waals surface area contributed by atoms with Gasteiger partial charge in [-0.15, -0.1) is 0 Å². The molecule has 0 aliphatic rings. The molecule has 0 radical (unpaired) electrons. The van der Waals surface area contributed by atoms with E-state index in [9.17, 15) is 4.79 Å². The number of anilines is 1. The third-order valence-electron chi connectivity index (χ3n) is 1.67. The molecule has 0 unspecified atom stereocenters. The van der Waals surface area contributed by atoms with Gasteiger partial charge < -0.3 is 5.32 Å². The second kappa shape index (κ2) is 6.19. The number of benzene rings is 1. The van der Waals surface area contributed by atoms with Crippen LogP contribution >= 0.6 is 31.9 Å². The van der Waals surface area contributed by atoms with Gasteiger partial charge in [-0.25, -0.2) is 0 Å². The van der Waals surface area contributed by atoms with Gasteiger partial charge in [-0.05, 0) is 30.7 Å². The van der Waals surface area contributed by atoms with Crippen LogP contribution in [0.2, 0.25) is 0 Å². The monoisotopic (exact) mass is 319 g/mol. The predicted molar refractivity (Wildman–Crippen MR) is 65.8 cm³/mol. The summed E-state index contributed by atoms with van der Waals surface area (Å²) < 4.78 is 1.01. The Bertz CT molecular complexity index is 297. The first-order valence-corrected chi connectivity index (χ1v) is 6.25. The van der Waals surface area contributed by atoms with Gasteiger partial charge in [0.2, 0.25) is 5.91 Å². The first kappa shape index (κ1) is 11.7. The highest BCUT2D eigenvalue weighted by Crippen LogP contribution is 2.14. The number of halogens is 2. The fourth-order valence-electron chi connectivity index (χ4n) is 0.984. The highest BCUT2D eigenvalue weighted by molar-refractivity contribution is 9.10. The van der Waals surface area contributed by atoms with Crippen LogP contribution in [0.15, 0.2) is 28.7 Å². The van der Waals surface area contributed by atoms with Crippen LogP contribution in [0.5, 0.6) is 0 Å². The molecule has 1 aromatic rings. The summed E-state index contributed by atoms with van der Waals surface area (Å²) in [6, 6.07) is 7.55. The second-order valence-corrected chi connectivity index (χ2v) is 4.56. The molecule has 1 aromatic carbocycles. The second-order valence-electron chi connectivity index (χ2n) is 2.85. The number of nitrogens with one attached hydrogen (secondary N) is 1. The molecule has 0 aromatic heterocycles. The molecule has 0 saturated carbocycles. The maximum atomic E-state index is 11.3. The minimum Gasteiger partial charge on any atom is -0.326 e. The summed E-state index contributed by atoms with van der Waals surface area (Å²) in [4.78, 5) is 11.3. The summed E-state index contributed by atoms with van der Waals surface area (Å²) >= 11 is 6.62. The molecule has 1 rings (SSSR count). The van der Waals surface area contributed by atoms with E-state index in [0.29, 0.717) is 6.42 Å². The lowest BCUT2D eigenvalue weighted by Crippen LogP contribution is -2.10. The molecule has 1 amide bonds. The topological polar surface area (TPSA) is 29.1 Å². The van der Waals surface area contributed by atoms with E-state index in [2.05, 4.69) is 37.2 Å². The SMILES string of the molecule is O=C(CCCBr)Nc1ccc(Br)cc1. The van der Waals surface area contributed by atoms with E-state index in [0.717, 1.165) is 21.9 Å². The molecule has 0 heterocycles. The van der Waals surface area contributed by atoms with Gasteiger partial charge in [-0.1, -0.05) is 31.9 Å². The molecule has 1 N–H and O–H groups in total. The van der Waals surface area contributed by atoms with Gasteiger partial charge in [0.05, 0.1) is 0 Å². The van der Waals surface area contributed by atoms with E-state index < -0.39 is 0 Å². The van der Waals surface area contributed by atoms with Crippen molar-refractivity contribution in [3.63, 3.8) is 0 Å². The Kier molecular flexibility index (Phi) is 5.19. The molecule has 0 saturated heterocycles. The Labute approximate surface area is 100 Å². The highest BCUT2D eigenvalue weighted by Gasteiger charge is 2.00. The largest absolute Gasteiger partial charge is 0.326 e. The van der Waals surface area contributed by atoms with E-state index in [1.807, 2.05) is 24.3 Å². The number of carbonyl (C=O) groups excluding carboxylic acids is 1. The maximum Gasteiger partial charge on any atom is 0.224 e. The van der Waals surface area contributed by atoms with Crippen LogP contribution in [-0.4, -0.2) is 11.2 Å². The number of rotatable bonds is 4. The van der Waals surface area contributed by atoms with Gasteiger partial charge in [-0.2, -0.15) is 0 Å². The van der Waals surface area contributed by atoms with Crippen molar-refractivity contribution >= 4 is 43.5 Å². The zero-order valence-electron chi connectivity index (χ0n) is 7.59. The fraction of sp³-hybridized carbons (Fsp3) is 0.300. The summed E-state index contributed by atoms with van der Waals surface area (Å²) in [5.74, 6) is 0.0618. The zero-order valence-corrected chi connectivity index (χ0v) is 10.8. The van der Waals surface area contributed by atoms with Crippen molar-refractivity contribution in [2.45, 2.75) is 12.8 Å². The van der Waals surface area contributed by atoms with Crippen molar-refractivity contribution in [1.29, 1.82) is 0 Å². The van der Waals surface area contributed by atoms with E-state index >= 15 is 0 Å². The Morgan fingerprint density at radius 3 is 2.50 bits per heavy atom. The summed E-state index contributed by atoms with van der Waals surface area (Å²) in [5.41, 5.74) is 0.841. The fourth-order valence-corrected chi connectivity index (χ4v) is 1.53. The van der Waals surface area contributed by atoms with E-state index in [1.165, 1.54) is 0 Å². The Morgan fingerprint density at radius 2 is 1.93 bits per heavy atom. The number of hydrogen-bond donors (Lipinski definition) is 1. The van der Waals surface area contributed by atoms with Crippen molar-refractivity contribution in [3.8, 4) is 0 Å². The number of alkyl halides is 1. The molecule has 0 spiro atoms. The minimum absolute atomic E-state index is 0.0618. The smallest absolute Gasteiger partial charge is 0.224 e. The van der Waals surface area contributed by atoms with Crippen molar-refractivity contribution in [2.75, 3.05) is 10.6 Å². The molecule has 0 bridgehead atoms. The lowest BCUT2D eigenvalue weighted by molar-refractivity contribution is -0.116. The average molecular weight is 321 g/mol. The number of carbonyl (C=O) groups is 1. The molecule has 2 nitrogen and oxygen atoms in total. The average Bonchev–Trinajstić information content (AvgIpc) is 2.18. The third-order valence-corrected chi connectivity index (χ3v) is 2.75. The first-order chi connectivity index (χ1) is 6.72. The van der Waals surface area contributed by atoms with Crippen molar-refractivity contribution in [3.05, 3.63) is 28.7 Å². The van der Waals surface area contributed by atoms with Crippen molar-refractivity contribution in [1.82, 2.24) is 0 Å². The van der Waals surface area contributed by atoms with Crippen molar-refractivity contribution < 1.29 is 4.79 Å². The minimum atomic E-state index is 0.0618. The summed E-state index contributed by atoms with van der Waals surface area (Å²) in [5, 5.41) is 3.69. The lowest BCUT2D eigenvalue weighted by Gasteiger charge is -2.03. The van der Waals surface area contributed by atoms with Crippen LogP contribution in [0, 0.1) is 0 Å².